The van der Waals surface area contributed by atoms with Crippen LogP contribution in [0, 0.1) is 6.92 Å². The minimum Gasteiger partial charge on any atom is -0.506 e. The lowest BCUT2D eigenvalue weighted by Crippen LogP contribution is -2.26. The molecule has 30 heavy (non-hydrogen) atoms. The van der Waals surface area contributed by atoms with Crippen molar-refractivity contribution in [2.75, 3.05) is 0 Å². The Bertz CT molecular complexity index is 1090. The zero-order valence-electron chi connectivity index (χ0n) is 18.0. The zero-order valence-corrected chi connectivity index (χ0v) is 18.8. The summed E-state index contributed by atoms with van der Waals surface area (Å²) >= 11 is 0. The topological polar surface area (TPSA) is 74.6 Å². The molecule has 4 nitrogen and oxygen atoms in total. The highest BCUT2D eigenvalue weighted by Crippen LogP contribution is 2.46. The van der Waals surface area contributed by atoms with Crippen molar-refractivity contribution in [3.05, 3.63) is 94.5 Å². The minimum absolute atomic E-state index is 0.344. The highest BCUT2D eigenvalue weighted by atomic mass is 32.2. The van der Waals surface area contributed by atoms with Gasteiger partial charge in [-0.2, -0.15) is 8.42 Å². The highest BCUT2D eigenvalue weighted by molar-refractivity contribution is 7.86. The molecule has 158 valence electrons. The predicted octanol–water partition coefficient (Wildman–Crippen LogP) is 5.60. The molecule has 0 radical (unpaired) electrons. The third-order valence-corrected chi connectivity index (χ3v) is 7.11. The molecule has 3 aromatic carbocycles. The van der Waals surface area contributed by atoms with Crippen molar-refractivity contribution < 1.29 is 18.1 Å². The van der Waals surface area contributed by atoms with Crippen LogP contribution in [0.2, 0.25) is 0 Å². The van der Waals surface area contributed by atoms with Crippen LogP contribution < -0.4 is 0 Å². The highest BCUT2D eigenvalue weighted by Gasteiger charge is 2.36. The van der Waals surface area contributed by atoms with Gasteiger partial charge >= 0.3 is 0 Å². The number of aromatic hydroxyl groups is 1. The van der Waals surface area contributed by atoms with Gasteiger partial charge in [0.15, 0.2) is 0 Å². The standard InChI is InChI=1S/C25H28O4S/c1-17-20(24(2,3)18-12-8-6-9-13-18)16-21(22(26)23(17)30(27,28)29)25(4,5)19-14-10-7-11-15-19/h6-16,26H,1-5H3,(H,27,28,29). The van der Waals surface area contributed by atoms with Crippen molar-refractivity contribution in [2.24, 2.45) is 0 Å². The average molecular weight is 425 g/mol. The Morgan fingerprint density at radius 1 is 0.733 bits per heavy atom. The van der Waals surface area contributed by atoms with E-state index in [0.717, 1.165) is 16.7 Å². The number of phenols is 1. The molecule has 0 amide bonds. The van der Waals surface area contributed by atoms with Crippen LogP contribution in [0.4, 0.5) is 0 Å². The van der Waals surface area contributed by atoms with Crippen LogP contribution in [0.1, 0.15) is 55.5 Å². The summed E-state index contributed by atoms with van der Waals surface area (Å²) < 4.78 is 34.6. The Balaban J connectivity index is 2.40. The summed E-state index contributed by atoms with van der Waals surface area (Å²) in [6.45, 7) is 9.51. The summed E-state index contributed by atoms with van der Waals surface area (Å²) in [5, 5.41) is 11.0. The molecule has 0 aliphatic rings. The first-order valence-electron chi connectivity index (χ1n) is 9.84. The molecule has 0 spiro atoms. The minimum atomic E-state index is -4.64. The van der Waals surface area contributed by atoms with Crippen molar-refractivity contribution in [2.45, 2.75) is 50.3 Å². The number of benzene rings is 3. The fourth-order valence-electron chi connectivity index (χ4n) is 4.21. The zero-order chi connectivity index (χ0) is 22.3. The Morgan fingerprint density at radius 2 is 1.13 bits per heavy atom. The van der Waals surface area contributed by atoms with Crippen molar-refractivity contribution >= 4 is 10.1 Å². The molecule has 0 saturated carbocycles. The fraction of sp³-hybridized carbons (Fsp3) is 0.280. The molecule has 0 saturated heterocycles. The van der Waals surface area contributed by atoms with E-state index in [4.69, 9.17) is 0 Å². The summed E-state index contributed by atoms with van der Waals surface area (Å²) in [4.78, 5) is -0.428. The second-order valence-electron chi connectivity index (χ2n) is 8.73. The van der Waals surface area contributed by atoms with E-state index >= 15 is 0 Å². The molecular weight excluding hydrogens is 396 g/mol. The number of rotatable bonds is 5. The monoisotopic (exact) mass is 424 g/mol. The molecule has 0 heterocycles. The van der Waals surface area contributed by atoms with E-state index in [2.05, 4.69) is 0 Å². The maximum Gasteiger partial charge on any atom is 0.298 e. The van der Waals surface area contributed by atoms with Gasteiger partial charge in [-0.15, -0.1) is 0 Å². The maximum absolute atomic E-state index is 12.3. The molecule has 0 aliphatic heterocycles. The van der Waals surface area contributed by atoms with Crippen molar-refractivity contribution in [1.82, 2.24) is 0 Å². The summed E-state index contributed by atoms with van der Waals surface area (Å²) in [5.41, 5.74) is 2.21. The van der Waals surface area contributed by atoms with Gasteiger partial charge in [0.25, 0.3) is 10.1 Å². The van der Waals surface area contributed by atoms with E-state index in [-0.39, 0.29) is 0 Å². The van der Waals surface area contributed by atoms with Crippen molar-refractivity contribution in [3.8, 4) is 5.75 Å². The quantitative estimate of drug-likeness (QED) is 0.523. The first-order chi connectivity index (χ1) is 13.9. The van der Waals surface area contributed by atoms with E-state index in [0.29, 0.717) is 11.1 Å². The molecule has 2 N–H and O–H groups in total. The summed E-state index contributed by atoms with van der Waals surface area (Å²) in [6.07, 6.45) is 0. The second kappa shape index (κ2) is 7.56. The molecule has 0 bridgehead atoms. The number of hydrogen-bond acceptors (Lipinski definition) is 3. The number of phenolic OH excluding ortho intramolecular Hbond substituents is 1. The van der Waals surface area contributed by atoms with Gasteiger partial charge in [0.05, 0.1) is 0 Å². The molecule has 0 aliphatic carbocycles. The Hall–Kier alpha value is -2.63. The van der Waals surface area contributed by atoms with Gasteiger partial charge in [-0.25, -0.2) is 0 Å². The first kappa shape index (κ1) is 22.1. The van der Waals surface area contributed by atoms with Gasteiger partial charge in [0.2, 0.25) is 0 Å². The van der Waals surface area contributed by atoms with Gasteiger partial charge in [-0.05, 0) is 35.2 Å². The molecule has 3 rings (SSSR count). The summed E-state index contributed by atoms with van der Waals surface area (Å²) in [7, 11) is -4.64. The predicted molar refractivity (Wildman–Crippen MR) is 120 cm³/mol. The third-order valence-electron chi connectivity index (χ3n) is 6.10. The van der Waals surface area contributed by atoms with E-state index < -0.39 is 31.6 Å². The molecule has 0 aromatic heterocycles. The maximum atomic E-state index is 12.3. The lowest BCUT2D eigenvalue weighted by Gasteiger charge is -2.33. The average Bonchev–Trinajstić information content (AvgIpc) is 2.68. The first-order valence-corrected chi connectivity index (χ1v) is 11.3. The van der Waals surface area contributed by atoms with Gasteiger partial charge in [0.1, 0.15) is 10.6 Å². The fourth-order valence-corrected chi connectivity index (χ4v) is 5.06. The van der Waals surface area contributed by atoms with Crippen molar-refractivity contribution in [3.63, 3.8) is 0 Å². The Labute approximate surface area is 179 Å². The van der Waals surface area contributed by atoms with Crippen LogP contribution in [0.25, 0.3) is 0 Å². The molecule has 0 atom stereocenters. The van der Waals surface area contributed by atoms with Crippen LogP contribution in [-0.2, 0) is 20.9 Å². The lowest BCUT2D eigenvalue weighted by atomic mass is 9.71. The van der Waals surface area contributed by atoms with Crippen LogP contribution in [0.3, 0.4) is 0 Å². The molecular formula is C25H28O4S. The largest absolute Gasteiger partial charge is 0.506 e. The van der Waals surface area contributed by atoms with Crippen molar-refractivity contribution in [1.29, 1.82) is 0 Å². The van der Waals surface area contributed by atoms with E-state index in [9.17, 15) is 18.1 Å². The third kappa shape index (κ3) is 3.75. The molecule has 0 fully saturated rings. The molecule has 5 heteroatoms. The molecule has 3 aromatic rings. The normalized spacial score (nSPS) is 12.7. The Kier molecular flexibility index (Phi) is 5.56. The smallest absolute Gasteiger partial charge is 0.298 e. The molecule has 0 unspecified atom stereocenters. The van der Waals surface area contributed by atoms with Crippen LogP contribution in [0.15, 0.2) is 71.6 Å². The van der Waals surface area contributed by atoms with Crippen LogP contribution in [-0.4, -0.2) is 18.1 Å². The lowest BCUT2D eigenvalue weighted by molar-refractivity contribution is 0.424. The second-order valence-corrected chi connectivity index (χ2v) is 10.1. The SMILES string of the molecule is Cc1c(C(C)(C)c2ccccc2)cc(C(C)(C)c2ccccc2)c(O)c1S(=O)(=O)O. The van der Waals surface area contributed by atoms with E-state index in [1.165, 1.54) is 0 Å². The van der Waals surface area contributed by atoms with E-state index in [1.807, 2.05) is 94.4 Å². The van der Waals surface area contributed by atoms with Gasteiger partial charge in [0, 0.05) is 16.4 Å². The van der Waals surface area contributed by atoms with Crippen LogP contribution in [0.5, 0.6) is 5.75 Å². The number of hydrogen-bond donors (Lipinski definition) is 2. The van der Waals surface area contributed by atoms with Gasteiger partial charge in [-0.1, -0.05) is 88.4 Å². The van der Waals surface area contributed by atoms with Gasteiger partial charge < -0.3 is 5.11 Å². The summed E-state index contributed by atoms with van der Waals surface area (Å²) in [6, 6.07) is 21.2. The Morgan fingerprint density at radius 3 is 1.53 bits per heavy atom. The van der Waals surface area contributed by atoms with Crippen LogP contribution >= 0.6 is 0 Å². The van der Waals surface area contributed by atoms with Gasteiger partial charge in [-0.3, -0.25) is 4.55 Å². The summed E-state index contributed by atoms with van der Waals surface area (Å²) in [5.74, 6) is -0.406. The van der Waals surface area contributed by atoms with E-state index in [1.54, 1.807) is 6.92 Å².